The van der Waals surface area contributed by atoms with Gasteiger partial charge in [0.05, 0.1) is 22.4 Å². The van der Waals surface area contributed by atoms with Crippen molar-refractivity contribution in [3.05, 3.63) is 289 Å². The summed E-state index contributed by atoms with van der Waals surface area (Å²) in [5, 5.41) is 22.3. The maximum absolute atomic E-state index is 2.55. The van der Waals surface area contributed by atoms with Crippen molar-refractivity contribution in [2.75, 3.05) is 0 Å². The van der Waals surface area contributed by atoms with Gasteiger partial charge in [-0.2, -0.15) is 0 Å². The molecule has 0 amide bonds. The van der Waals surface area contributed by atoms with Crippen molar-refractivity contribution in [3.8, 4) is 55.9 Å². The summed E-state index contributed by atoms with van der Waals surface area (Å²) in [6, 6.07) is 100. The standard InChI is InChI=1S/C82H56N2/c1-49-51(3)83(77-39-37-65(67-25-13-15-27-69(67)77)61-33-29-53-17-5-9-21-57(53)41-61)79-47-75-73(45-71(49)79)81(63-35-31-55-19-7-11-23-59(55)43-63)76-48-80-72(46-74(76)82(75)64-36-32-56-20-8-12-24-60(56)44-64)50(2)52(4)84(80)78-40-38-66(68-26-14-16-28-70(68)78)62-34-30-54-18-6-10-22-58(54)42-62/h5-48H,1-4H3. The van der Waals surface area contributed by atoms with Crippen LogP contribution in [0.2, 0.25) is 0 Å². The van der Waals surface area contributed by atoms with Crippen LogP contribution in [0.4, 0.5) is 0 Å². The van der Waals surface area contributed by atoms with E-state index in [2.05, 4.69) is 304 Å². The van der Waals surface area contributed by atoms with E-state index < -0.39 is 0 Å². The summed E-state index contributed by atoms with van der Waals surface area (Å²) < 4.78 is 5.10. The van der Waals surface area contributed by atoms with E-state index in [1.165, 1.54) is 186 Å². The summed E-state index contributed by atoms with van der Waals surface area (Å²) in [5.74, 6) is 0. The molecule has 17 rings (SSSR count). The molecule has 0 N–H and O–H groups in total. The Bertz CT molecular complexity index is 5320. The zero-order valence-corrected chi connectivity index (χ0v) is 47.3. The van der Waals surface area contributed by atoms with Crippen molar-refractivity contribution < 1.29 is 0 Å². The highest BCUT2D eigenvalue weighted by Gasteiger charge is 2.26. The monoisotopic (exact) mass is 1070 g/mol. The second-order valence-electron chi connectivity index (χ2n) is 23.3. The molecule has 0 atom stereocenters. The van der Waals surface area contributed by atoms with Crippen LogP contribution in [0.25, 0.3) is 164 Å². The SMILES string of the molecule is Cc1c(C)n(-c2ccc(-c3ccc4ccccc4c3)c3ccccc23)c2cc3c(-c4ccc5ccccc5c4)c4cc5c(C)c(C)n(-c6ccc(-c7ccc8ccccc8c7)c7ccccc67)c5cc4c(-c4ccc5ccccc5c4)c3cc12. The summed E-state index contributed by atoms with van der Waals surface area (Å²) in [6.07, 6.45) is 0. The van der Waals surface area contributed by atoms with E-state index in [4.69, 9.17) is 0 Å². The smallest absolute Gasteiger partial charge is 0.0540 e. The van der Waals surface area contributed by atoms with Crippen LogP contribution in [0.3, 0.4) is 0 Å². The maximum Gasteiger partial charge on any atom is 0.0540 e. The Kier molecular flexibility index (Phi) is 10.6. The molecule has 0 aliphatic rings. The van der Waals surface area contributed by atoms with Gasteiger partial charge >= 0.3 is 0 Å². The minimum Gasteiger partial charge on any atom is -0.313 e. The lowest BCUT2D eigenvalue weighted by Gasteiger charge is -2.21. The van der Waals surface area contributed by atoms with Crippen molar-refractivity contribution in [2.24, 2.45) is 0 Å². The lowest BCUT2D eigenvalue weighted by molar-refractivity contribution is 1.05. The molecule has 84 heavy (non-hydrogen) atoms. The highest BCUT2D eigenvalue weighted by molar-refractivity contribution is 6.26. The van der Waals surface area contributed by atoms with Crippen LogP contribution in [-0.2, 0) is 0 Å². The van der Waals surface area contributed by atoms with Crippen molar-refractivity contribution in [3.63, 3.8) is 0 Å². The second kappa shape index (κ2) is 18.5. The molecule has 0 radical (unpaired) electrons. The van der Waals surface area contributed by atoms with Gasteiger partial charge < -0.3 is 9.13 Å². The van der Waals surface area contributed by atoms with E-state index in [1.807, 2.05) is 0 Å². The zero-order chi connectivity index (χ0) is 55.9. The third-order valence-electron chi connectivity index (χ3n) is 18.9. The van der Waals surface area contributed by atoms with Crippen LogP contribution in [0.5, 0.6) is 0 Å². The Morgan fingerprint density at radius 3 is 0.881 bits per heavy atom. The van der Waals surface area contributed by atoms with Crippen molar-refractivity contribution >= 4 is 108 Å². The number of benzene rings is 15. The van der Waals surface area contributed by atoms with Gasteiger partial charge in [0, 0.05) is 32.9 Å². The lowest BCUT2D eigenvalue weighted by atomic mass is 9.84. The van der Waals surface area contributed by atoms with Crippen LogP contribution < -0.4 is 0 Å². The first-order valence-corrected chi connectivity index (χ1v) is 29.4. The predicted molar refractivity (Wildman–Crippen MR) is 361 cm³/mol. The molecule has 2 nitrogen and oxygen atoms in total. The average molecular weight is 1070 g/mol. The third-order valence-corrected chi connectivity index (χ3v) is 18.9. The van der Waals surface area contributed by atoms with Gasteiger partial charge in [-0.15, -0.1) is 0 Å². The first kappa shape index (κ1) is 48.2. The molecule has 0 unspecified atom stereocenters. The summed E-state index contributed by atoms with van der Waals surface area (Å²) in [5.41, 5.74) is 19.6. The molecule has 394 valence electrons. The molecule has 17 aromatic rings. The van der Waals surface area contributed by atoms with Crippen molar-refractivity contribution in [2.45, 2.75) is 27.7 Å². The minimum absolute atomic E-state index is 1.18. The summed E-state index contributed by atoms with van der Waals surface area (Å²) in [4.78, 5) is 0. The van der Waals surface area contributed by atoms with Crippen LogP contribution in [0.15, 0.2) is 267 Å². The number of nitrogens with zero attached hydrogens (tertiary/aromatic N) is 2. The van der Waals surface area contributed by atoms with Crippen molar-refractivity contribution in [1.82, 2.24) is 9.13 Å². The molecule has 2 heteroatoms. The van der Waals surface area contributed by atoms with Crippen LogP contribution in [-0.4, -0.2) is 9.13 Å². The van der Waals surface area contributed by atoms with Crippen LogP contribution >= 0.6 is 0 Å². The van der Waals surface area contributed by atoms with Gasteiger partial charge in [0.15, 0.2) is 0 Å². The van der Waals surface area contributed by atoms with Gasteiger partial charge in [0.2, 0.25) is 0 Å². The number of hydrogen-bond donors (Lipinski definition) is 0. The van der Waals surface area contributed by atoms with Crippen LogP contribution in [0.1, 0.15) is 22.5 Å². The fourth-order valence-electron chi connectivity index (χ4n) is 14.5. The highest BCUT2D eigenvalue weighted by Crippen LogP contribution is 2.50. The Hall–Kier alpha value is -10.5. The van der Waals surface area contributed by atoms with Gasteiger partial charge in [-0.05, 0) is 219 Å². The van der Waals surface area contributed by atoms with E-state index in [1.54, 1.807) is 0 Å². The van der Waals surface area contributed by atoms with E-state index in [0.717, 1.165) is 0 Å². The summed E-state index contributed by atoms with van der Waals surface area (Å²) in [6.45, 7) is 9.27. The average Bonchev–Trinajstić information content (AvgIpc) is 1.61. The van der Waals surface area contributed by atoms with Gasteiger partial charge in [0.1, 0.15) is 0 Å². The van der Waals surface area contributed by atoms with Gasteiger partial charge in [-0.25, -0.2) is 0 Å². The molecule has 0 aliphatic carbocycles. The molecule has 0 saturated carbocycles. The molecule has 0 aliphatic heterocycles. The molecule has 0 saturated heterocycles. The first-order valence-electron chi connectivity index (χ1n) is 29.4. The molecule has 2 heterocycles. The summed E-state index contributed by atoms with van der Waals surface area (Å²) >= 11 is 0. The molecule has 2 aromatic heterocycles. The minimum atomic E-state index is 1.18. The summed E-state index contributed by atoms with van der Waals surface area (Å²) in [7, 11) is 0. The van der Waals surface area contributed by atoms with E-state index in [9.17, 15) is 0 Å². The lowest BCUT2D eigenvalue weighted by Crippen LogP contribution is -2.00. The van der Waals surface area contributed by atoms with Crippen LogP contribution in [0, 0.1) is 27.7 Å². The predicted octanol–water partition coefficient (Wildman–Crippen LogP) is 22.7. The van der Waals surface area contributed by atoms with E-state index >= 15 is 0 Å². The van der Waals surface area contributed by atoms with E-state index in [0.29, 0.717) is 0 Å². The van der Waals surface area contributed by atoms with Gasteiger partial charge in [-0.1, -0.05) is 206 Å². The molecule has 0 spiro atoms. The highest BCUT2D eigenvalue weighted by atomic mass is 15.0. The number of hydrogen-bond acceptors (Lipinski definition) is 0. The zero-order valence-electron chi connectivity index (χ0n) is 47.3. The molecular weight excluding hydrogens is 1010 g/mol. The van der Waals surface area contributed by atoms with E-state index in [-0.39, 0.29) is 0 Å². The fourth-order valence-corrected chi connectivity index (χ4v) is 14.5. The number of fused-ring (bicyclic) bond motifs is 10. The van der Waals surface area contributed by atoms with Crippen molar-refractivity contribution in [1.29, 1.82) is 0 Å². The Balaban J connectivity index is 0.973. The first-order chi connectivity index (χ1) is 41.3. The molecular formula is C82H56N2. The second-order valence-corrected chi connectivity index (χ2v) is 23.3. The number of rotatable bonds is 6. The number of aromatic nitrogens is 2. The molecule has 15 aromatic carbocycles. The Labute approximate surface area is 487 Å². The maximum atomic E-state index is 2.55. The largest absolute Gasteiger partial charge is 0.313 e. The van der Waals surface area contributed by atoms with Gasteiger partial charge in [0.25, 0.3) is 0 Å². The number of aryl methyl sites for hydroxylation is 2. The molecule has 0 fully saturated rings. The quantitative estimate of drug-likeness (QED) is 0.147. The normalized spacial score (nSPS) is 12.0. The Morgan fingerprint density at radius 2 is 0.512 bits per heavy atom. The fraction of sp³-hybridized carbons (Fsp3) is 0.0488. The molecule has 0 bridgehead atoms. The Morgan fingerprint density at radius 1 is 0.214 bits per heavy atom. The third kappa shape index (κ3) is 7.23. The topological polar surface area (TPSA) is 9.86 Å². The van der Waals surface area contributed by atoms with Gasteiger partial charge in [-0.3, -0.25) is 0 Å².